The molecule has 3 amide bonds. The predicted octanol–water partition coefficient (Wildman–Crippen LogP) is -0.620. The first-order valence-corrected chi connectivity index (χ1v) is 5.44. The van der Waals surface area contributed by atoms with Crippen LogP contribution in [0.15, 0.2) is 0 Å². The summed E-state index contributed by atoms with van der Waals surface area (Å²) < 4.78 is 0. The molecule has 96 valence electrons. The number of nitrogens with one attached hydrogen (secondary N) is 2. The predicted molar refractivity (Wildman–Crippen MR) is 59.4 cm³/mol. The monoisotopic (exact) mass is 243 g/mol. The summed E-state index contributed by atoms with van der Waals surface area (Å²) >= 11 is 0. The second kappa shape index (κ2) is 5.51. The lowest BCUT2D eigenvalue weighted by Gasteiger charge is -2.21. The van der Waals surface area contributed by atoms with Crippen molar-refractivity contribution in [3.05, 3.63) is 0 Å². The maximum Gasteiger partial charge on any atom is 0.326 e. The van der Waals surface area contributed by atoms with Gasteiger partial charge in [0, 0.05) is 13.1 Å². The minimum absolute atomic E-state index is 0.133. The highest BCUT2D eigenvalue weighted by Crippen LogP contribution is 2.18. The number of aliphatic carboxylic acids is 1. The van der Waals surface area contributed by atoms with Crippen molar-refractivity contribution in [2.45, 2.75) is 31.8 Å². The van der Waals surface area contributed by atoms with E-state index in [4.69, 9.17) is 5.11 Å². The zero-order valence-electron chi connectivity index (χ0n) is 9.90. The van der Waals surface area contributed by atoms with E-state index >= 15 is 0 Å². The summed E-state index contributed by atoms with van der Waals surface area (Å²) in [5.74, 6) is -1.35. The fourth-order valence-electron chi connectivity index (χ4n) is 1.13. The standard InChI is InChI=1S/C10H17N3O4/c1-6(9(15)16)13(2)10(17)11-5-8(14)12-7-3-4-7/h6-7H,3-5H2,1-2H3,(H,11,17)(H,12,14)(H,15,16). The van der Waals surface area contributed by atoms with Crippen LogP contribution in [0.4, 0.5) is 4.79 Å². The zero-order valence-corrected chi connectivity index (χ0v) is 9.90. The van der Waals surface area contributed by atoms with E-state index in [0.717, 1.165) is 17.7 Å². The third-order valence-electron chi connectivity index (χ3n) is 2.60. The Morgan fingerprint density at radius 1 is 1.41 bits per heavy atom. The van der Waals surface area contributed by atoms with E-state index in [1.165, 1.54) is 14.0 Å². The number of urea groups is 1. The quantitative estimate of drug-likeness (QED) is 0.599. The van der Waals surface area contributed by atoms with Gasteiger partial charge >= 0.3 is 12.0 Å². The van der Waals surface area contributed by atoms with Gasteiger partial charge < -0.3 is 20.6 Å². The highest BCUT2D eigenvalue weighted by Gasteiger charge is 2.24. The zero-order chi connectivity index (χ0) is 13.0. The van der Waals surface area contributed by atoms with Crippen molar-refractivity contribution in [1.82, 2.24) is 15.5 Å². The summed E-state index contributed by atoms with van der Waals surface area (Å²) in [7, 11) is 1.37. The highest BCUT2D eigenvalue weighted by atomic mass is 16.4. The number of carboxylic acids is 1. The summed E-state index contributed by atoms with van der Waals surface area (Å²) in [6.45, 7) is 1.26. The van der Waals surface area contributed by atoms with Gasteiger partial charge in [-0.25, -0.2) is 9.59 Å². The van der Waals surface area contributed by atoms with Crippen LogP contribution >= 0.6 is 0 Å². The summed E-state index contributed by atoms with van der Waals surface area (Å²) in [5.41, 5.74) is 0. The van der Waals surface area contributed by atoms with Crippen molar-refractivity contribution in [2.24, 2.45) is 0 Å². The molecule has 0 radical (unpaired) electrons. The summed E-state index contributed by atoms with van der Waals surface area (Å²) in [4.78, 5) is 34.4. The molecule has 1 aliphatic carbocycles. The van der Waals surface area contributed by atoms with Crippen molar-refractivity contribution in [3.63, 3.8) is 0 Å². The number of amides is 3. The highest BCUT2D eigenvalue weighted by molar-refractivity contribution is 5.86. The number of rotatable bonds is 5. The smallest absolute Gasteiger partial charge is 0.326 e. The van der Waals surface area contributed by atoms with Gasteiger partial charge in [0.2, 0.25) is 5.91 Å². The fraction of sp³-hybridized carbons (Fsp3) is 0.700. The number of carbonyl (C=O) groups is 3. The van der Waals surface area contributed by atoms with Gasteiger partial charge in [0.1, 0.15) is 6.04 Å². The molecule has 1 unspecified atom stereocenters. The topological polar surface area (TPSA) is 98.7 Å². The first kappa shape index (κ1) is 13.3. The number of carboxylic acid groups (broad SMARTS) is 1. The van der Waals surface area contributed by atoms with Crippen LogP contribution in [0.25, 0.3) is 0 Å². The molecular formula is C10H17N3O4. The summed E-state index contributed by atoms with van der Waals surface area (Å²) in [6, 6.07) is -1.26. The SMILES string of the molecule is CC(C(=O)O)N(C)C(=O)NCC(=O)NC1CC1. The lowest BCUT2D eigenvalue weighted by Crippen LogP contribution is -2.48. The lowest BCUT2D eigenvalue weighted by molar-refractivity contribution is -0.141. The minimum atomic E-state index is -1.09. The molecule has 7 heteroatoms. The first-order chi connectivity index (χ1) is 7.91. The van der Waals surface area contributed by atoms with Crippen LogP contribution in [-0.2, 0) is 9.59 Å². The maximum absolute atomic E-state index is 11.5. The van der Waals surface area contributed by atoms with Crippen LogP contribution in [0.1, 0.15) is 19.8 Å². The van der Waals surface area contributed by atoms with Gasteiger partial charge in [-0.2, -0.15) is 0 Å². The van der Waals surface area contributed by atoms with Gasteiger partial charge in [0.05, 0.1) is 6.54 Å². The molecule has 0 aromatic heterocycles. The Labute approximate surface area is 99.2 Å². The van der Waals surface area contributed by atoms with Gasteiger partial charge in [0.25, 0.3) is 0 Å². The lowest BCUT2D eigenvalue weighted by atomic mass is 10.3. The van der Waals surface area contributed by atoms with E-state index in [2.05, 4.69) is 10.6 Å². The van der Waals surface area contributed by atoms with Crippen LogP contribution in [0.5, 0.6) is 0 Å². The van der Waals surface area contributed by atoms with Crippen LogP contribution in [0.3, 0.4) is 0 Å². The molecule has 0 aromatic rings. The van der Waals surface area contributed by atoms with E-state index in [-0.39, 0.29) is 18.5 Å². The Kier molecular flexibility index (Phi) is 4.30. The molecule has 0 saturated heterocycles. The second-order valence-corrected chi connectivity index (χ2v) is 4.13. The second-order valence-electron chi connectivity index (χ2n) is 4.13. The Bertz CT molecular complexity index is 328. The van der Waals surface area contributed by atoms with Crippen LogP contribution in [-0.4, -0.2) is 53.6 Å². The average molecular weight is 243 g/mol. The van der Waals surface area contributed by atoms with Crippen molar-refractivity contribution in [1.29, 1.82) is 0 Å². The van der Waals surface area contributed by atoms with E-state index in [9.17, 15) is 14.4 Å². The third-order valence-corrected chi connectivity index (χ3v) is 2.60. The molecule has 0 heterocycles. The van der Waals surface area contributed by atoms with E-state index in [1.807, 2.05) is 0 Å². The Morgan fingerprint density at radius 2 is 2.00 bits per heavy atom. The number of carbonyl (C=O) groups excluding carboxylic acids is 2. The normalized spacial score (nSPS) is 15.9. The number of hydrogen-bond acceptors (Lipinski definition) is 3. The van der Waals surface area contributed by atoms with Crippen LogP contribution in [0.2, 0.25) is 0 Å². The van der Waals surface area contributed by atoms with E-state index in [1.54, 1.807) is 0 Å². The fourth-order valence-corrected chi connectivity index (χ4v) is 1.13. The third kappa shape index (κ3) is 4.29. The first-order valence-electron chi connectivity index (χ1n) is 5.44. The molecule has 0 aliphatic heterocycles. The van der Waals surface area contributed by atoms with Crippen molar-refractivity contribution >= 4 is 17.9 Å². The van der Waals surface area contributed by atoms with Crippen molar-refractivity contribution in [2.75, 3.05) is 13.6 Å². The Balaban J connectivity index is 2.27. The molecule has 17 heavy (non-hydrogen) atoms. The number of hydrogen-bond donors (Lipinski definition) is 3. The summed E-state index contributed by atoms with van der Waals surface area (Å²) in [6.07, 6.45) is 1.96. The summed E-state index contributed by atoms with van der Waals surface area (Å²) in [5, 5.41) is 13.8. The van der Waals surface area contributed by atoms with Gasteiger partial charge in [0.15, 0.2) is 0 Å². The van der Waals surface area contributed by atoms with Crippen molar-refractivity contribution < 1.29 is 19.5 Å². The molecule has 0 aromatic carbocycles. The number of likely N-dealkylation sites (N-methyl/N-ethyl adjacent to an activating group) is 1. The van der Waals surface area contributed by atoms with Gasteiger partial charge in [-0.15, -0.1) is 0 Å². The van der Waals surface area contributed by atoms with E-state index < -0.39 is 18.0 Å². The molecule has 0 spiro atoms. The van der Waals surface area contributed by atoms with Gasteiger partial charge in [-0.1, -0.05) is 0 Å². The van der Waals surface area contributed by atoms with Gasteiger partial charge in [-0.05, 0) is 19.8 Å². The Morgan fingerprint density at radius 3 is 2.47 bits per heavy atom. The minimum Gasteiger partial charge on any atom is -0.480 e. The van der Waals surface area contributed by atoms with E-state index in [0.29, 0.717) is 0 Å². The molecule has 1 fully saturated rings. The molecule has 7 nitrogen and oxygen atoms in total. The largest absolute Gasteiger partial charge is 0.480 e. The maximum atomic E-state index is 11.5. The molecule has 1 atom stereocenters. The van der Waals surface area contributed by atoms with Crippen LogP contribution < -0.4 is 10.6 Å². The molecular weight excluding hydrogens is 226 g/mol. The average Bonchev–Trinajstić information content (AvgIpc) is 3.07. The number of nitrogens with zero attached hydrogens (tertiary/aromatic N) is 1. The molecule has 1 saturated carbocycles. The Hall–Kier alpha value is -1.79. The van der Waals surface area contributed by atoms with Crippen molar-refractivity contribution in [3.8, 4) is 0 Å². The molecule has 3 N–H and O–H groups in total. The molecule has 1 aliphatic rings. The molecule has 1 rings (SSSR count). The molecule has 0 bridgehead atoms. The van der Waals surface area contributed by atoms with Crippen LogP contribution in [0, 0.1) is 0 Å². The van der Waals surface area contributed by atoms with Gasteiger partial charge in [-0.3, -0.25) is 4.79 Å².